The van der Waals surface area contributed by atoms with Gasteiger partial charge in [0.1, 0.15) is 0 Å². The lowest BCUT2D eigenvalue weighted by atomic mass is 10.1. The Morgan fingerprint density at radius 3 is 1.92 bits per heavy atom. The van der Waals surface area contributed by atoms with Crippen LogP contribution in [0.5, 0.6) is 0 Å². The van der Waals surface area contributed by atoms with E-state index < -0.39 is 0 Å². The predicted molar refractivity (Wildman–Crippen MR) is 55.9 cm³/mol. The Labute approximate surface area is 82.6 Å². The quantitative estimate of drug-likeness (QED) is 0.545. The van der Waals surface area contributed by atoms with Crippen LogP contribution < -0.4 is 0 Å². The van der Waals surface area contributed by atoms with Gasteiger partial charge in [-0.3, -0.25) is 0 Å². The van der Waals surface area contributed by atoms with Crippen molar-refractivity contribution in [3.8, 4) is 0 Å². The minimum atomic E-state index is 0.621. The van der Waals surface area contributed by atoms with Crippen LogP contribution in [-0.2, 0) is 9.47 Å². The lowest BCUT2D eigenvalue weighted by molar-refractivity contribution is 0.0346. The van der Waals surface area contributed by atoms with Gasteiger partial charge in [0.2, 0.25) is 0 Å². The second-order valence-electron chi connectivity index (χ2n) is 4.26. The lowest BCUT2D eigenvalue weighted by Crippen LogP contribution is -2.09. The van der Waals surface area contributed by atoms with Gasteiger partial charge < -0.3 is 9.47 Å². The molecule has 0 N–H and O–H groups in total. The molecule has 0 aliphatic heterocycles. The summed E-state index contributed by atoms with van der Waals surface area (Å²) in [6, 6.07) is 0. The van der Waals surface area contributed by atoms with Crippen molar-refractivity contribution in [2.75, 3.05) is 26.4 Å². The number of hydrogen-bond donors (Lipinski definition) is 0. The molecule has 0 rings (SSSR count). The van der Waals surface area contributed by atoms with Gasteiger partial charge in [0.05, 0.1) is 13.2 Å². The predicted octanol–water partition coefficient (Wildman–Crippen LogP) is 2.72. The van der Waals surface area contributed by atoms with Gasteiger partial charge in [-0.05, 0) is 18.3 Å². The van der Waals surface area contributed by atoms with E-state index in [1.54, 1.807) is 0 Å². The highest BCUT2D eigenvalue weighted by Crippen LogP contribution is 1.98. The van der Waals surface area contributed by atoms with Gasteiger partial charge in [0, 0.05) is 13.2 Å². The van der Waals surface area contributed by atoms with Crippen LogP contribution in [0.15, 0.2) is 0 Å². The summed E-state index contributed by atoms with van der Waals surface area (Å²) in [7, 11) is 0. The summed E-state index contributed by atoms with van der Waals surface area (Å²) in [6.07, 6.45) is 1.14. The van der Waals surface area contributed by atoms with Crippen LogP contribution in [0, 0.1) is 11.8 Å². The Morgan fingerprint density at radius 2 is 1.38 bits per heavy atom. The average molecular weight is 188 g/mol. The number of rotatable bonds is 8. The van der Waals surface area contributed by atoms with Crippen LogP contribution in [0.4, 0.5) is 0 Å². The summed E-state index contributed by atoms with van der Waals surface area (Å²) in [5, 5.41) is 0. The molecule has 0 aliphatic rings. The number of hydrogen-bond acceptors (Lipinski definition) is 2. The standard InChI is InChI=1S/C11H24O2/c1-10(2)5-6-12-7-8-13-9-11(3)4/h10-11H,5-9H2,1-4H3. The van der Waals surface area contributed by atoms with E-state index in [1.165, 1.54) is 0 Å². The molecule has 0 saturated carbocycles. The third kappa shape index (κ3) is 11.9. The first-order chi connectivity index (χ1) is 6.13. The van der Waals surface area contributed by atoms with Gasteiger partial charge in [0.25, 0.3) is 0 Å². The highest BCUT2D eigenvalue weighted by molar-refractivity contribution is 4.43. The SMILES string of the molecule is CC(C)CCOCCOCC(C)C. The van der Waals surface area contributed by atoms with Crippen LogP contribution in [0.1, 0.15) is 34.1 Å². The van der Waals surface area contributed by atoms with Crippen molar-refractivity contribution in [1.82, 2.24) is 0 Å². The Morgan fingerprint density at radius 1 is 0.769 bits per heavy atom. The maximum atomic E-state index is 5.40. The molecule has 0 aromatic heterocycles. The van der Waals surface area contributed by atoms with Crippen LogP contribution >= 0.6 is 0 Å². The molecule has 0 bridgehead atoms. The van der Waals surface area contributed by atoms with Crippen molar-refractivity contribution in [3.05, 3.63) is 0 Å². The molecular formula is C11H24O2. The fourth-order valence-corrected chi connectivity index (χ4v) is 0.858. The smallest absolute Gasteiger partial charge is 0.0700 e. The maximum absolute atomic E-state index is 5.40. The Bertz CT molecular complexity index is 88.3. The number of ether oxygens (including phenoxy) is 2. The normalized spacial score (nSPS) is 11.5. The first kappa shape index (κ1) is 12.9. The molecule has 0 fully saturated rings. The molecule has 2 nitrogen and oxygen atoms in total. The van der Waals surface area contributed by atoms with Crippen LogP contribution in [-0.4, -0.2) is 26.4 Å². The summed E-state index contributed by atoms with van der Waals surface area (Å²) < 4.78 is 10.8. The molecule has 0 heterocycles. The summed E-state index contributed by atoms with van der Waals surface area (Å²) in [5.41, 5.74) is 0. The van der Waals surface area contributed by atoms with Gasteiger partial charge in [-0.25, -0.2) is 0 Å². The van der Waals surface area contributed by atoms with Gasteiger partial charge >= 0.3 is 0 Å². The van der Waals surface area contributed by atoms with Crippen molar-refractivity contribution in [2.24, 2.45) is 11.8 Å². The molecule has 0 amide bonds. The molecule has 0 aromatic carbocycles. The molecule has 0 spiro atoms. The van der Waals surface area contributed by atoms with Gasteiger partial charge in [-0.2, -0.15) is 0 Å². The minimum Gasteiger partial charge on any atom is -0.379 e. The average Bonchev–Trinajstić information content (AvgIpc) is 2.01. The molecule has 0 saturated heterocycles. The van der Waals surface area contributed by atoms with Crippen molar-refractivity contribution < 1.29 is 9.47 Å². The van der Waals surface area contributed by atoms with Gasteiger partial charge in [-0.15, -0.1) is 0 Å². The Kier molecular flexibility index (Phi) is 8.46. The summed E-state index contributed by atoms with van der Waals surface area (Å²) in [4.78, 5) is 0. The molecule has 80 valence electrons. The van der Waals surface area contributed by atoms with E-state index in [9.17, 15) is 0 Å². The third-order valence-electron chi connectivity index (χ3n) is 1.66. The molecule has 0 aromatic rings. The first-order valence-electron chi connectivity index (χ1n) is 5.28. The van der Waals surface area contributed by atoms with E-state index in [2.05, 4.69) is 27.7 Å². The Hall–Kier alpha value is -0.0800. The van der Waals surface area contributed by atoms with E-state index in [0.717, 1.165) is 38.8 Å². The summed E-state index contributed by atoms with van der Waals surface area (Å²) in [5.74, 6) is 1.35. The van der Waals surface area contributed by atoms with Crippen molar-refractivity contribution in [3.63, 3.8) is 0 Å². The molecule has 13 heavy (non-hydrogen) atoms. The molecule has 0 radical (unpaired) electrons. The molecular weight excluding hydrogens is 164 g/mol. The molecule has 0 atom stereocenters. The summed E-state index contributed by atoms with van der Waals surface area (Å²) in [6.45, 7) is 11.9. The van der Waals surface area contributed by atoms with Crippen LogP contribution in [0.2, 0.25) is 0 Å². The monoisotopic (exact) mass is 188 g/mol. The van der Waals surface area contributed by atoms with Crippen LogP contribution in [0.3, 0.4) is 0 Å². The first-order valence-corrected chi connectivity index (χ1v) is 5.28. The fraction of sp³-hybridized carbons (Fsp3) is 1.00. The zero-order valence-corrected chi connectivity index (χ0v) is 9.51. The maximum Gasteiger partial charge on any atom is 0.0700 e. The summed E-state index contributed by atoms with van der Waals surface area (Å²) >= 11 is 0. The van der Waals surface area contributed by atoms with E-state index in [-0.39, 0.29) is 0 Å². The van der Waals surface area contributed by atoms with E-state index in [4.69, 9.17) is 9.47 Å². The van der Waals surface area contributed by atoms with E-state index in [1.807, 2.05) is 0 Å². The van der Waals surface area contributed by atoms with Gasteiger partial charge in [0.15, 0.2) is 0 Å². The zero-order chi connectivity index (χ0) is 10.1. The lowest BCUT2D eigenvalue weighted by Gasteiger charge is -2.08. The fourth-order valence-electron chi connectivity index (χ4n) is 0.858. The zero-order valence-electron chi connectivity index (χ0n) is 9.51. The highest BCUT2D eigenvalue weighted by Gasteiger charge is 1.95. The molecule has 0 aliphatic carbocycles. The minimum absolute atomic E-state index is 0.621. The topological polar surface area (TPSA) is 18.5 Å². The van der Waals surface area contributed by atoms with Crippen molar-refractivity contribution >= 4 is 0 Å². The second-order valence-corrected chi connectivity index (χ2v) is 4.26. The van der Waals surface area contributed by atoms with E-state index >= 15 is 0 Å². The van der Waals surface area contributed by atoms with Crippen molar-refractivity contribution in [1.29, 1.82) is 0 Å². The molecule has 2 heteroatoms. The molecule has 0 unspecified atom stereocenters. The van der Waals surface area contributed by atoms with E-state index in [0.29, 0.717) is 5.92 Å². The Balaban J connectivity index is 2.92. The highest BCUT2D eigenvalue weighted by atomic mass is 16.5. The second kappa shape index (κ2) is 8.52. The van der Waals surface area contributed by atoms with Crippen LogP contribution in [0.25, 0.3) is 0 Å². The third-order valence-corrected chi connectivity index (χ3v) is 1.66. The van der Waals surface area contributed by atoms with Gasteiger partial charge in [-0.1, -0.05) is 27.7 Å². The van der Waals surface area contributed by atoms with Crippen molar-refractivity contribution in [2.45, 2.75) is 34.1 Å². The largest absolute Gasteiger partial charge is 0.379 e.